The van der Waals surface area contributed by atoms with Crippen LogP contribution in [0.4, 0.5) is 79.3 Å². The molecule has 5 heterocycles. The van der Waals surface area contributed by atoms with E-state index < -0.39 is 59.5 Å². The van der Waals surface area contributed by atoms with E-state index in [1.54, 1.807) is 12.1 Å². The zero-order valence-electron chi connectivity index (χ0n) is 54.7. The monoisotopic (exact) mass is 1470 g/mol. The van der Waals surface area contributed by atoms with Crippen LogP contribution in [-0.4, -0.2) is 151 Å². The van der Waals surface area contributed by atoms with E-state index in [0.29, 0.717) is 96.5 Å². The zero-order chi connectivity index (χ0) is 71.2. The molecule has 2 saturated heterocycles. The van der Waals surface area contributed by atoms with E-state index in [4.69, 9.17) is 35.1 Å². The van der Waals surface area contributed by atoms with Gasteiger partial charge in [-0.1, -0.05) is 34.4 Å². The number of carbonyl (C=O) groups is 4. The van der Waals surface area contributed by atoms with Gasteiger partial charge in [0.2, 0.25) is 22.2 Å². The van der Waals surface area contributed by atoms with Crippen LogP contribution in [0.5, 0.6) is 0 Å². The van der Waals surface area contributed by atoms with E-state index in [1.165, 1.54) is 50.3 Å². The molecule has 524 valence electrons. The van der Waals surface area contributed by atoms with Crippen molar-refractivity contribution in [2.45, 2.75) is 95.0 Å². The Morgan fingerprint density at radius 2 is 0.919 bits per heavy atom. The highest BCUT2D eigenvalue weighted by atomic mass is 32.2. The number of anilines is 10. The van der Waals surface area contributed by atoms with Gasteiger partial charge >= 0.3 is 0 Å². The fourth-order valence-corrected chi connectivity index (χ4v) is 14.8. The van der Waals surface area contributed by atoms with E-state index in [1.807, 2.05) is 52.0 Å². The highest BCUT2D eigenvalue weighted by Crippen LogP contribution is 2.41. The van der Waals surface area contributed by atoms with Crippen LogP contribution < -0.4 is 40.9 Å². The number of thioether (sulfide) groups is 1. The number of piperidine rings is 2. The van der Waals surface area contributed by atoms with Gasteiger partial charge in [0.05, 0.1) is 47.8 Å². The average molecular weight is 1470 g/mol. The number of carbonyl (C=O) groups excluding carboxylic acids is 4. The number of rotatable bonds is 30. The van der Waals surface area contributed by atoms with Crippen molar-refractivity contribution in [1.82, 2.24) is 24.9 Å². The molecule has 36 heteroatoms. The molecule has 9 rings (SSSR count). The van der Waals surface area contributed by atoms with Crippen molar-refractivity contribution < 1.29 is 58.1 Å². The molecule has 3 aromatic heterocycles. The molecule has 0 spiro atoms. The number of hydrogen-bond donors (Lipinski definition) is 7. The molecule has 2 amide bonds. The van der Waals surface area contributed by atoms with Crippen LogP contribution in [0.3, 0.4) is 0 Å². The molecular weight excluding hydrogens is 1400 g/mol. The molecule has 0 radical (unpaired) electrons. The van der Waals surface area contributed by atoms with Crippen LogP contribution in [0.1, 0.15) is 89.8 Å². The van der Waals surface area contributed by atoms with Gasteiger partial charge in [0.15, 0.2) is 16.7 Å². The predicted octanol–water partition coefficient (Wildman–Crippen LogP) is 12.5. The number of azo groups is 2. The Labute approximate surface area is 584 Å². The summed E-state index contributed by atoms with van der Waals surface area (Å²) in [6.07, 6.45) is 8.34. The molecule has 2 aliphatic heterocycles. The number of thiazole rings is 2. The first kappa shape index (κ1) is 74.2. The lowest BCUT2D eigenvalue weighted by atomic mass is 10.1. The van der Waals surface area contributed by atoms with E-state index in [-0.39, 0.29) is 65.4 Å². The Morgan fingerprint density at radius 3 is 1.26 bits per heavy atom. The maximum atomic E-state index is 13.7. The fraction of sp³-hybridized carbons (Fsp3) is 0.349. The van der Waals surface area contributed by atoms with Crippen molar-refractivity contribution in [2.75, 3.05) is 105 Å². The van der Waals surface area contributed by atoms with Crippen molar-refractivity contribution in [2.24, 2.45) is 20.5 Å². The Hall–Kier alpha value is -9.01. The minimum atomic E-state index is -4.50. The molecule has 7 N–H and O–H groups in total. The molecule has 30 nitrogen and oxygen atoms in total. The van der Waals surface area contributed by atoms with Gasteiger partial charge in [0.25, 0.3) is 42.2 Å². The third-order valence-electron chi connectivity index (χ3n) is 15.6. The summed E-state index contributed by atoms with van der Waals surface area (Å²) in [5.41, 5.74) is 2.80. The van der Waals surface area contributed by atoms with Crippen LogP contribution in [-0.2, 0) is 49.5 Å². The molecule has 0 atom stereocenters. The molecule has 4 aromatic carbocycles. The predicted molar refractivity (Wildman–Crippen MR) is 385 cm³/mol. The number of Topliss-reactive ketones (excluding diaryl/α,β-unsaturated/α-hetero) is 2. The Kier molecular flexibility index (Phi) is 24.9. The van der Waals surface area contributed by atoms with Crippen LogP contribution in [0.15, 0.2) is 131 Å². The van der Waals surface area contributed by atoms with Crippen LogP contribution in [0.2, 0.25) is 0 Å². The quantitative estimate of drug-likeness (QED) is 0.00549. The summed E-state index contributed by atoms with van der Waals surface area (Å²) >= 11 is 3.12. The lowest BCUT2D eigenvalue weighted by Crippen LogP contribution is -2.30. The molecule has 2 fully saturated rings. The van der Waals surface area contributed by atoms with Gasteiger partial charge in [-0.3, -0.25) is 32.8 Å². The van der Waals surface area contributed by atoms with E-state index in [9.17, 15) is 58.1 Å². The van der Waals surface area contributed by atoms with Crippen molar-refractivity contribution in [3.8, 4) is 0 Å². The second-order valence-electron chi connectivity index (χ2n) is 22.4. The van der Waals surface area contributed by atoms with Gasteiger partial charge in [0, 0.05) is 80.9 Å². The molecular formula is C63H73N17O13S6. The summed E-state index contributed by atoms with van der Waals surface area (Å²) in [7, 11) is -13.4. The van der Waals surface area contributed by atoms with Gasteiger partial charge in [-0.25, -0.2) is 0 Å². The molecule has 2 aliphatic rings. The first-order valence-corrected chi connectivity index (χ1v) is 38.5. The Balaban J connectivity index is 1.07. The largest absolute Gasteiger partial charge is 0.372 e. The lowest BCUT2D eigenvalue weighted by Gasteiger charge is -2.27. The molecule has 7 aromatic rings. The van der Waals surface area contributed by atoms with Gasteiger partial charge in [-0.2, -0.15) is 50.2 Å². The third-order valence-corrected chi connectivity index (χ3v) is 20.9. The number of amides is 2. The first-order valence-electron chi connectivity index (χ1n) is 31.4. The van der Waals surface area contributed by atoms with Crippen molar-refractivity contribution in [1.29, 1.82) is 0 Å². The van der Waals surface area contributed by atoms with Crippen LogP contribution in [0, 0.1) is 0 Å². The summed E-state index contributed by atoms with van der Waals surface area (Å²) in [6, 6.07) is 20.5. The molecule has 99 heavy (non-hydrogen) atoms. The van der Waals surface area contributed by atoms with E-state index >= 15 is 0 Å². The highest BCUT2D eigenvalue weighted by Gasteiger charge is 2.26. The van der Waals surface area contributed by atoms with Crippen molar-refractivity contribution >= 4 is 180 Å². The van der Waals surface area contributed by atoms with E-state index in [2.05, 4.69) is 51.1 Å². The summed E-state index contributed by atoms with van der Waals surface area (Å²) < 4.78 is 99.3. The number of nitrogens with one attached hydrogen (secondary N) is 4. The first-order chi connectivity index (χ1) is 47.2. The number of ketones is 2. The summed E-state index contributed by atoms with van der Waals surface area (Å²) in [5.74, 6) is -2.54. The second kappa shape index (κ2) is 33.2. The summed E-state index contributed by atoms with van der Waals surface area (Å²) in [6.45, 7) is 15.6. The smallest absolute Gasteiger partial charge is 0.294 e. The highest BCUT2D eigenvalue weighted by molar-refractivity contribution is 8.00. The maximum Gasteiger partial charge on any atom is 0.294 e. The van der Waals surface area contributed by atoms with Crippen LogP contribution >= 0.6 is 34.4 Å². The minimum Gasteiger partial charge on any atom is -0.372 e. The van der Waals surface area contributed by atoms with Gasteiger partial charge in [-0.15, -0.1) is 20.5 Å². The van der Waals surface area contributed by atoms with Crippen molar-refractivity contribution in [3.05, 3.63) is 106 Å². The van der Waals surface area contributed by atoms with Gasteiger partial charge in [-0.05, 0) is 177 Å². The SMILES string of the molecule is CCN(CC)c1ccc(N=Nc2nc(N3CCCCC3)c(/C=C(/C(C)=O)C(=O)Nc3ccc(S(=O)(=O)O)cc3)s2)c(Nc2nc(Nc3cc(N(CC)CC)ccc3N=Nc3nc(N4CCCCC4)c(/C=C(\C(C)=O)C(=O)Nc4ccc(S(=O)(=O)O)cc4)s3)nc(SCCS(=O)(=O)O)n2)c1. The standard InChI is InChI=1S/C63H73N17O13S6/c1-7-77(8-2)43-21-27-49(73-75-62-68-55(79-29-13-11-14-30-79)53(95-62)37-47(39(5)81)57(83)64-41-17-23-45(24-18-41)98(88,89)90)51(35-43)66-59-70-60(72-61(71-59)94-33-34-97(85,86)87)67-52-36-44(78(9-3)10-4)22-28-50(52)74-76-63-69-56(80-31-15-12-16-32-80)54(96-63)38-48(40(6)82)58(84)65-42-19-25-46(26-20-42)99(91,92)93/h17-28,35-38H,7-16,29-34H2,1-6H3,(H,64,83)(H,65,84)(H,85,86,87)(H,88,89,90)(H,91,92,93)(H2,66,67,70,71,72)/b47-37-,48-38+,75-73?,76-74?. The van der Waals surface area contributed by atoms with Gasteiger partial charge in [0.1, 0.15) is 23.0 Å². The lowest BCUT2D eigenvalue weighted by molar-refractivity contribution is -0.120. The van der Waals surface area contributed by atoms with Gasteiger partial charge < -0.3 is 40.9 Å². The molecule has 0 saturated carbocycles. The average Bonchev–Trinajstić information content (AvgIpc) is 1.77. The Morgan fingerprint density at radius 1 is 0.535 bits per heavy atom. The second-order valence-corrected chi connectivity index (χ2v) is 29.9. The molecule has 0 aliphatic carbocycles. The fourth-order valence-electron chi connectivity index (χ4n) is 10.5. The summed E-state index contributed by atoms with van der Waals surface area (Å²) in [5, 5.41) is 30.9. The molecule has 0 unspecified atom stereocenters. The maximum absolute atomic E-state index is 13.7. The number of hydrogen-bond acceptors (Lipinski definition) is 28. The molecule has 0 bridgehead atoms. The third kappa shape index (κ3) is 20.3. The Bertz CT molecular complexity index is 4340. The van der Waals surface area contributed by atoms with Crippen molar-refractivity contribution in [3.63, 3.8) is 0 Å². The number of benzene rings is 4. The minimum absolute atomic E-state index is 0.0289. The topological polar surface area (TPSA) is 406 Å². The number of aromatic nitrogens is 5. The summed E-state index contributed by atoms with van der Waals surface area (Å²) in [4.78, 5) is 86.3. The van der Waals surface area contributed by atoms with Crippen LogP contribution in [0.25, 0.3) is 12.2 Å². The normalized spacial score (nSPS) is 14.2. The van der Waals surface area contributed by atoms with E-state index in [0.717, 1.165) is 109 Å². The number of nitrogens with zero attached hydrogens (tertiary/aromatic N) is 13. The zero-order valence-corrected chi connectivity index (χ0v) is 59.6.